The van der Waals surface area contributed by atoms with E-state index in [1.807, 2.05) is 16.8 Å². The van der Waals surface area contributed by atoms with Gasteiger partial charge in [-0.05, 0) is 59.8 Å². The predicted octanol–water partition coefficient (Wildman–Crippen LogP) is 4.12. The first-order valence-electron chi connectivity index (χ1n) is 7.47. The van der Waals surface area contributed by atoms with Gasteiger partial charge in [-0.2, -0.15) is 5.10 Å². The standard InChI is InChI=1S/C17H23BrN2O/c1-5-14-17(18)15(20(6-2)19-14)10-16(21)13-9-7-8-11(3)12(13)4/h7-9,16,21H,5-6,10H2,1-4H3. The highest BCUT2D eigenvalue weighted by molar-refractivity contribution is 9.10. The zero-order valence-corrected chi connectivity index (χ0v) is 14.7. The lowest BCUT2D eigenvalue weighted by Crippen LogP contribution is -2.10. The van der Waals surface area contributed by atoms with Crippen molar-refractivity contribution in [2.75, 3.05) is 0 Å². The third kappa shape index (κ3) is 3.22. The fourth-order valence-corrected chi connectivity index (χ4v) is 3.37. The summed E-state index contributed by atoms with van der Waals surface area (Å²) in [6.45, 7) is 9.13. The smallest absolute Gasteiger partial charge is 0.0848 e. The van der Waals surface area contributed by atoms with Gasteiger partial charge in [-0.1, -0.05) is 25.1 Å². The molecular formula is C17H23BrN2O. The maximum atomic E-state index is 10.6. The SMILES string of the molecule is CCc1nn(CC)c(CC(O)c2cccc(C)c2C)c1Br. The molecule has 2 rings (SSSR count). The maximum absolute atomic E-state index is 10.6. The Morgan fingerprint density at radius 2 is 2.00 bits per heavy atom. The lowest BCUT2D eigenvalue weighted by molar-refractivity contribution is 0.174. The van der Waals surface area contributed by atoms with Gasteiger partial charge in [0, 0.05) is 13.0 Å². The second kappa shape index (κ2) is 6.75. The normalized spacial score (nSPS) is 12.7. The van der Waals surface area contributed by atoms with Crippen molar-refractivity contribution < 1.29 is 5.11 Å². The van der Waals surface area contributed by atoms with Gasteiger partial charge in [0.25, 0.3) is 0 Å². The molecule has 2 aromatic rings. The molecule has 0 bridgehead atoms. The Balaban J connectivity index is 2.33. The minimum atomic E-state index is -0.507. The van der Waals surface area contributed by atoms with Gasteiger partial charge in [0.15, 0.2) is 0 Å². The molecule has 3 nitrogen and oxygen atoms in total. The van der Waals surface area contributed by atoms with Gasteiger partial charge in [0.1, 0.15) is 0 Å². The van der Waals surface area contributed by atoms with E-state index < -0.39 is 6.10 Å². The maximum Gasteiger partial charge on any atom is 0.0848 e. The molecule has 0 aliphatic rings. The van der Waals surface area contributed by atoms with Crippen molar-refractivity contribution in [2.24, 2.45) is 0 Å². The molecule has 1 atom stereocenters. The molecule has 0 aliphatic carbocycles. The van der Waals surface area contributed by atoms with Crippen LogP contribution in [0.3, 0.4) is 0 Å². The number of rotatable bonds is 5. The number of nitrogens with zero attached hydrogens (tertiary/aromatic N) is 2. The Hall–Kier alpha value is -1.13. The van der Waals surface area contributed by atoms with Crippen molar-refractivity contribution in [2.45, 2.75) is 53.2 Å². The number of halogens is 1. The second-order valence-corrected chi connectivity index (χ2v) is 6.18. The van der Waals surface area contributed by atoms with Crippen LogP contribution >= 0.6 is 15.9 Å². The van der Waals surface area contributed by atoms with E-state index in [-0.39, 0.29) is 0 Å². The van der Waals surface area contributed by atoms with Crippen LogP contribution in [0.4, 0.5) is 0 Å². The summed E-state index contributed by atoms with van der Waals surface area (Å²) in [7, 11) is 0. The Bertz CT molecular complexity index is 634. The summed E-state index contributed by atoms with van der Waals surface area (Å²) in [6, 6.07) is 6.09. The number of hydrogen-bond acceptors (Lipinski definition) is 2. The van der Waals surface area contributed by atoms with Gasteiger partial charge >= 0.3 is 0 Å². The summed E-state index contributed by atoms with van der Waals surface area (Å²) in [6.07, 6.45) is 0.958. The fourth-order valence-electron chi connectivity index (χ4n) is 2.64. The fraction of sp³-hybridized carbons (Fsp3) is 0.471. The monoisotopic (exact) mass is 350 g/mol. The molecule has 4 heteroatoms. The molecular weight excluding hydrogens is 328 g/mol. The van der Waals surface area contributed by atoms with Crippen LogP contribution in [0.1, 0.15) is 48.0 Å². The minimum absolute atomic E-state index is 0.507. The number of hydrogen-bond donors (Lipinski definition) is 1. The van der Waals surface area contributed by atoms with Crippen LogP contribution in [-0.2, 0) is 19.4 Å². The highest BCUT2D eigenvalue weighted by atomic mass is 79.9. The molecule has 114 valence electrons. The molecule has 0 fully saturated rings. The van der Waals surface area contributed by atoms with Crippen LogP contribution in [0.5, 0.6) is 0 Å². The van der Waals surface area contributed by atoms with E-state index in [1.54, 1.807) is 0 Å². The van der Waals surface area contributed by atoms with Gasteiger partial charge in [-0.3, -0.25) is 4.68 Å². The van der Waals surface area contributed by atoms with Crippen LogP contribution in [0.2, 0.25) is 0 Å². The van der Waals surface area contributed by atoms with Gasteiger partial charge in [-0.25, -0.2) is 0 Å². The highest BCUT2D eigenvalue weighted by Gasteiger charge is 2.19. The van der Waals surface area contributed by atoms with E-state index in [0.717, 1.165) is 34.4 Å². The van der Waals surface area contributed by atoms with E-state index >= 15 is 0 Å². The van der Waals surface area contributed by atoms with Crippen molar-refractivity contribution in [1.29, 1.82) is 0 Å². The largest absolute Gasteiger partial charge is 0.388 e. The molecule has 1 heterocycles. The number of aromatic nitrogens is 2. The van der Waals surface area contributed by atoms with Crippen LogP contribution in [0.25, 0.3) is 0 Å². The molecule has 1 unspecified atom stereocenters. The second-order valence-electron chi connectivity index (χ2n) is 5.39. The van der Waals surface area contributed by atoms with Crippen molar-refractivity contribution in [3.63, 3.8) is 0 Å². The van der Waals surface area contributed by atoms with E-state index in [2.05, 4.69) is 54.8 Å². The number of aliphatic hydroxyl groups is 1. The van der Waals surface area contributed by atoms with Crippen LogP contribution in [0.15, 0.2) is 22.7 Å². The van der Waals surface area contributed by atoms with Crippen LogP contribution in [0, 0.1) is 13.8 Å². The third-order valence-corrected chi connectivity index (χ3v) is 5.00. The predicted molar refractivity (Wildman–Crippen MR) is 89.6 cm³/mol. The average Bonchev–Trinajstić information content (AvgIpc) is 2.78. The molecule has 0 spiro atoms. The van der Waals surface area contributed by atoms with E-state index in [1.165, 1.54) is 11.1 Å². The first-order valence-corrected chi connectivity index (χ1v) is 8.27. The zero-order chi connectivity index (χ0) is 15.6. The quantitative estimate of drug-likeness (QED) is 0.880. The Kier molecular flexibility index (Phi) is 5.22. The van der Waals surface area contributed by atoms with Crippen molar-refractivity contribution in [3.05, 3.63) is 50.8 Å². The highest BCUT2D eigenvalue weighted by Crippen LogP contribution is 2.29. The molecule has 0 amide bonds. The lowest BCUT2D eigenvalue weighted by atomic mass is 9.96. The van der Waals surface area contributed by atoms with E-state index in [4.69, 9.17) is 0 Å². The molecule has 0 saturated heterocycles. The summed E-state index contributed by atoms with van der Waals surface area (Å²) in [5, 5.41) is 15.2. The van der Waals surface area contributed by atoms with E-state index in [9.17, 15) is 5.11 Å². The average molecular weight is 351 g/mol. The summed E-state index contributed by atoms with van der Waals surface area (Å²) in [5.41, 5.74) is 5.51. The molecule has 1 aromatic carbocycles. The van der Waals surface area contributed by atoms with E-state index in [0.29, 0.717) is 6.42 Å². The zero-order valence-electron chi connectivity index (χ0n) is 13.2. The number of aliphatic hydroxyl groups excluding tert-OH is 1. The molecule has 1 aromatic heterocycles. The molecule has 1 N–H and O–H groups in total. The van der Waals surface area contributed by atoms with Crippen molar-refractivity contribution >= 4 is 15.9 Å². The lowest BCUT2D eigenvalue weighted by Gasteiger charge is -2.16. The number of aryl methyl sites for hydroxylation is 3. The van der Waals surface area contributed by atoms with Crippen molar-refractivity contribution in [1.82, 2.24) is 9.78 Å². The molecule has 21 heavy (non-hydrogen) atoms. The van der Waals surface area contributed by atoms with Gasteiger partial charge < -0.3 is 5.11 Å². The molecule has 0 saturated carbocycles. The number of benzene rings is 1. The van der Waals surface area contributed by atoms with Gasteiger partial charge in [0.2, 0.25) is 0 Å². The summed E-state index contributed by atoms with van der Waals surface area (Å²) in [5.74, 6) is 0. The van der Waals surface area contributed by atoms with Crippen LogP contribution in [-0.4, -0.2) is 14.9 Å². The topological polar surface area (TPSA) is 38.0 Å². The molecule has 0 aliphatic heterocycles. The Morgan fingerprint density at radius 3 is 2.62 bits per heavy atom. The van der Waals surface area contributed by atoms with Gasteiger partial charge in [-0.15, -0.1) is 0 Å². The molecule has 0 radical (unpaired) electrons. The Labute approximate surface area is 135 Å². The summed E-state index contributed by atoms with van der Waals surface area (Å²) < 4.78 is 3.02. The minimum Gasteiger partial charge on any atom is -0.388 e. The summed E-state index contributed by atoms with van der Waals surface area (Å²) in [4.78, 5) is 0. The summed E-state index contributed by atoms with van der Waals surface area (Å²) >= 11 is 3.64. The first kappa shape index (κ1) is 16.2. The first-order chi connectivity index (χ1) is 9.99. The van der Waals surface area contributed by atoms with Gasteiger partial charge in [0.05, 0.1) is 22.0 Å². The van der Waals surface area contributed by atoms with Crippen LogP contribution < -0.4 is 0 Å². The Morgan fingerprint density at radius 1 is 1.29 bits per heavy atom. The van der Waals surface area contributed by atoms with Crippen molar-refractivity contribution in [3.8, 4) is 0 Å². The third-order valence-electron chi connectivity index (χ3n) is 4.09.